The zero-order valence-electron chi connectivity index (χ0n) is 18.2. The molecule has 10 nitrogen and oxygen atoms in total. The summed E-state index contributed by atoms with van der Waals surface area (Å²) in [6.45, 7) is 2.43. The zero-order valence-corrected chi connectivity index (χ0v) is 19.9. The van der Waals surface area contributed by atoms with Crippen LogP contribution >= 0.6 is 11.3 Å². The number of aromatic nitrogens is 2. The first kappa shape index (κ1) is 22.6. The van der Waals surface area contributed by atoms with E-state index in [2.05, 4.69) is 15.5 Å². The van der Waals surface area contributed by atoms with Crippen molar-refractivity contribution in [2.75, 3.05) is 42.3 Å². The molecule has 2 aliphatic heterocycles. The minimum atomic E-state index is -3.70. The Morgan fingerprint density at radius 3 is 2.72 bits per heavy atom. The second kappa shape index (κ2) is 8.75. The molecule has 32 heavy (non-hydrogen) atoms. The maximum Gasteiger partial charge on any atom is 0.250 e. The highest BCUT2D eigenvalue weighted by Gasteiger charge is 2.40. The first-order valence-electron chi connectivity index (χ1n) is 10.5. The largest absolute Gasteiger partial charge is 0.358 e. The number of hydrogen-bond donors (Lipinski definition) is 1. The third-order valence-electron chi connectivity index (χ3n) is 5.70. The second-order valence-corrected chi connectivity index (χ2v) is 11.2. The van der Waals surface area contributed by atoms with Crippen molar-refractivity contribution < 1.29 is 18.0 Å². The Balaban J connectivity index is 1.69. The third-order valence-corrected chi connectivity index (χ3v) is 8.49. The molecule has 2 aromatic rings. The lowest BCUT2D eigenvalue weighted by atomic mass is 9.96. The predicted molar refractivity (Wildman–Crippen MR) is 123 cm³/mol. The lowest BCUT2D eigenvalue weighted by molar-refractivity contribution is -0.123. The lowest BCUT2D eigenvalue weighted by Crippen LogP contribution is -2.56. The average molecular weight is 479 g/mol. The molecule has 3 heterocycles. The van der Waals surface area contributed by atoms with Crippen LogP contribution in [0.15, 0.2) is 23.1 Å². The van der Waals surface area contributed by atoms with Gasteiger partial charge >= 0.3 is 0 Å². The number of anilines is 3. The molecule has 1 aromatic heterocycles. The number of aryl methyl sites for hydroxylation is 1. The van der Waals surface area contributed by atoms with Gasteiger partial charge in [-0.1, -0.05) is 18.3 Å². The Labute approximate surface area is 191 Å². The summed E-state index contributed by atoms with van der Waals surface area (Å²) >= 11 is 1.29. The van der Waals surface area contributed by atoms with Gasteiger partial charge in [0.1, 0.15) is 17.6 Å². The summed E-state index contributed by atoms with van der Waals surface area (Å²) in [5.74, 6) is -0.605. The molecular formula is C20H26N6O4S2. The quantitative estimate of drug-likeness (QED) is 0.672. The molecule has 1 fully saturated rings. The van der Waals surface area contributed by atoms with E-state index in [9.17, 15) is 18.0 Å². The van der Waals surface area contributed by atoms with Gasteiger partial charge in [-0.3, -0.25) is 19.8 Å². The van der Waals surface area contributed by atoms with E-state index < -0.39 is 15.9 Å². The van der Waals surface area contributed by atoms with Crippen LogP contribution in [0.1, 0.15) is 31.2 Å². The highest BCUT2D eigenvalue weighted by Crippen LogP contribution is 2.40. The highest BCUT2D eigenvalue weighted by molar-refractivity contribution is 7.89. The van der Waals surface area contributed by atoms with Gasteiger partial charge in [0.2, 0.25) is 27.0 Å². The zero-order chi connectivity index (χ0) is 23.0. The highest BCUT2D eigenvalue weighted by atomic mass is 32.2. The molecular weight excluding hydrogens is 452 g/mol. The van der Waals surface area contributed by atoms with Gasteiger partial charge in [-0.25, -0.2) is 12.7 Å². The van der Waals surface area contributed by atoms with E-state index in [1.54, 1.807) is 12.1 Å². The molecule has 1 atom stereocenters. The summed E-state index contributed by atoms with van der Waals surface area (Å²) in [6.07, 6.45) is 3.30. The first-order valence-corrected chi connectivity index (χ1v) is 12.7. The van der Waals surface area contributed by atoms with Crippen molar-refractivity contribution in [3.05, 3.63) is 23.2 Å². The molecule has 0 radical (unpaired) electrons. The van der Waals surface area contributed by atoms with E-state index in [1.165, 1.54) is 36.4 Å². The van der Waals surface area contributed by atoms with Crippen molar-refractivity contribution in [2.24, 2.45) is 0 Å². The van der Waals surface area contributed by atoms with E-state index in [0.29, 0.717) is 30.2 Å². The molecule has 0 aliphatic carbocycles. The van der Waals surface area contributed by atoms with Crippen molar-refractivity contribution in [1.29, 1.82) is 0 Å². The summed E-state index contributed by atoms with van der Waals surface area (Å²) in [7, 11) is -0.785. The second-order valence-electron chi connectivity index (χ2n) is 7.97. The van der Waals surface area contributed by atoms with Crippen LogP contribution in [0.4, 0.5) is 16.5 Å². The first-order chi connectivity index (χ1) is 15.2. The summed E-state index contributed by atoms with van der Waals surface area (Å²) < 4.78 is 26.5. The maximum absolute atomic E-state index is 13.4. The number of benzene rings is 1. The lowest BCUT2D eigenvalue weighted by Gasteiger charge is -2.45. The van der Waals surface area contributed by atoms with E-state index in [0.717, 1.165) is 27.8 Å². The summed E-state index contributed by atoms with van der Waals surface area (Å²) in [5.41, 5.74) is 1.20. The van der Waals surface area contributed by atoms with Crippen LogP contribution in [0.3, 0.4) is 0 Å². The molecule has 1 aromatic carbocycles. The number of nitrogens with zero attached hydrogens (tertiary/aromatic N) is 5. The third kappa shape index (κ3) is 4.09. The minimum Gasteiger partial charge on any atom is -0.358 e. The van der Waals surface area contributed by atoms with Crippen LogP contribution in [-0.4, -0.2) is 68.0 Å². The summed E-state index contributed by atoms with van der Waals surface area (Å²) in [4.78, 5) is 29.7. The van der Waals surface area contributed by atoms with Crippen molar-refractivity contribution in [3.63, 3.8) is 0 Å². The minimum absolute atomic E-state index is 0.0756. The van der Waals surface area contributed by atoms with Gasteiger partial charge in [0.05, 0.1) is 16.3 Å². The van der Waals surface area contributed by atoms with Gasteiger partial charge in [-0.15, -0.1) is 10.2 Å². The number of piperidine rings is 1. The van der Waals surface area contributed by atoms with E-state index in [-0.39, 0.29) is 23.4 Å². The normalized spacial score (nSPS) is 18.5. The van der Waals surface area contributed by atoms with Crippen LogP contribution in [0.2, 0.25) is 0 Å². The van der Waals surface area contributed by atoms with Crippen molar-refractivity contribution >= 4 is 49.7 Å². The van der Waals surface area contributed by atoms with Crippen molar-refractivity contribution in [3.8, 4) is 0 Å². The number of rotatable bonds is 6. The Hall–Kier alpha value is -2.57. The number of hydrogen-bond acceptors (Lipinski definition) is 8. The fourth-order valence-corrected chi connectivity index (χ4v) is 5.64. The molecule has 1 saturated heterocycles. The topological polar surface area (TPSA) is 116 Å². The Morgan fingerprint density at radius 1 is 1.25 bits per heavy atom. The van der Waals surface area contributed by atoms with Gasteiger partial charge in [0, 0.05) is 20.6 Å². The van der Waals surface area contributed by atoms with Crippen LogP contribution in [0, 0.1) is 0 Å². The molecule has 0 spiro atoms. The fraction of sp³-hybridized carbons (Fsp3) is 0.500. The van der Waals surface area contributed by atoms with E-state index >= 15 is 0 Å². The SMILES string of the molecule is CCc1nnc(NC(=O)CN2C(=O)[C@@H]3CCCCN3c3ccc(S(=O)(=O)N(C)C)cc32)s1. The number of nitrogens with one attached hydrogen (secondary N) is 1. The Kier molecular flexibility index (Phi) is 6.19. The monoisotopic (exact) mass is 478 g/mol. The molecule has 2 amide bonds. The smallest absolute Gasteiger partial charge is 0.250 e. The number of carbonyl (C=O) groups excluding carboxylic acids is 2. The number of fused-ring (bicyclic) bond motifs is 3. The summed E-state index contributed by atoms with van der Waals surface area (Å²) in [6, 6.07) is 4.43. The number of sulfonamides is 1. The molecule has 12 heteroatoms. The van der Waals surface area contributed by atoms with Crippen molar-refractivity contribution in [2.45, 2.75) is 43.5 Å². The molecule has 0 unspecified atom stereocenters. The van der Waals surface area contributed by atoms with Gasteiger partial charge in [-0.2, -0.15) is 0 Å². The Bertz CT molecular complexity index is 1150. The molecule has 0 saturated carbocycles. The number of carbonyl (C=O) groups is 2. The number of amides is 2. The Morgan fingerprint density at radius 2 is 2.03 bits per heavy atom. The molecule has 0 bridgehead atoms. The maximum atomic E-state index is 13.4. The van der Waals surface area contributed by atoms with Gasteiger partial charge < -0.3 is 4.90 Å². The van der Waals surface area contributed by atoms with Crippen LogP contribution in [0.25, 0.3) is 0 Å². The van der Waals surface area contributed by atoms with Crippen LogP contribution in [-0.2, 0) is 26.0 Å². The molecule has 172 valence electrons. The van der Waals surface area contributed by atoms with Crippen LogP contribution < -0.4 is 15.1 Å². The van der Waals surface area contributed by atoms with Crippen molar-refractivity contribution in [1.82, 2.24) is 14.5 Å². The average Bonchev–Trinajstić information content (AvgIpc) is 3.23. The van der Waals surface area contributed by atoms with Crippen LogP contribution in [0.5, 0.6) is 0 Å². The molecule has 4 rings (SSSR count). The van der Waals surface area contributed by atoms with Gasteiger partial charge in [-0.05, 0) is 43.9 Å². The molecule has 1 N–H and O–H groups in total. The van der Waals surface area contributed by atoms with E-state index in [4.69, 9.17) is 0 Å². The van der Waals surface area contributed by atoms with Gasteiger partial charge in [0.25, 0.3) is 0 Å². The predicted octanol–water partition coefficient (Wildman–Crippen LogP) is 1.69. The van der Waals surface area contributed by atoms with Gasteiger partial charge in [0.15, 0.2) is 0 Å². The summed E-state index contributed by atoms with van der Waals surface area (Å²) in [5, 5.41) is 11.8. The standard InChI is InChI=1S/C20H26N6O4S2/c1-4-18-22-23-20(31-18)21-17(27)12-26-16-11-13(32(29,30)24(2)3)8-9-14(16)25-10-6-5-7-15(25)19(26)28/h8-9,11,15H,4-7,10,12H2,1-3H3,(H,21,23,27)/t15-/m0/s1. The van der Waals surface area contributed by atoms with E-state index in [1.807, 2.05) is 11.8 Å². The fourth-order valence-electron chi connectivity index (χ4n) is 4.02. The molecule has 2 aliphatic rings.